The molecular weight excluding hydrogens is 233 g/mol. The molecule has 1 aromatic rings. The van der Waals surface area contributed by atoms with Crippen molar-refractivity contribution >= 4 is 33.0 Å². The molecule has 1 heterocycles. The van der Waals surface area contributed by atoms with Crippen LogP contribution in [0, 0.1) is 0 Å². The second kappa shape index (κ2) is 3.82. The Morgan fingerprint density at radius 2 is 2.08 bits per heavy atom. The fourth-order valence-electron chi connectivity index (χ4n) is 0.797. The minimum absolute atomic E-state index is 0.164. The minimum atomic E-state index is -3.10. The zero-order valence-corrected chi connectivity index (χ0v) is 9.12. The quantitative estimate of drug-likeness (QED) is 0.793. The Labute approximate surface area is 86.6 Å². The first kappa shape index (κ1) is 10.8. The van der Waals surface area contributed by atoms with Crippen LogP contribution >= 0.6 is 23.2 Å². The van der Waals surface area contributed by atoms with Gasteiger partial charge in [-0.05, 0) is 6.07 Å². The highest BCUT2D eigenvalue weighted by Gasteiger charge is 2.09. The molecule has 1 aromatic heterocycles. The number of pyridine rings is 1. The lowest BCUT2D eigenvalue weighted by Crippen LogP contribution is -2.03. The molecule has 0 unspecified atom stereocenters. The third kappa shape index (κ3) is 3.50. The van der Waals surface area contributed by atoms with E-state index in [1.165, 1.54) is 12.3 Å². The van der Waals surface area contributed by atoms with E-state index in [4.69, 9.17) is 23.2 Å². The molecule has 0 aliphatic carbocycles. The normalized spacial score (nSPS) is 11.6. The number of sulfone groups is 1. The molecule has 0 N–H and O–H groups in total. The van der Waals surface area contributed by atoms with Crippen LogP contribution < -0.4 is 0 Å². The van der Waals surface area contributed by atoms with Gasteiger partial charge in [0.1, 0.15) is 0 Å². The highest BCUT2D eigenvalue weighted by molar-refractivity contribution is 7.89. The van der Waals surface area contributed by atoms with Gasteiger partial charge in [0.2, 0.25) is 0 Å². The second-order valence-corrected chi connectivity index (χ2v) is 5.64. The van der Waals surface area contributed by atoms with Crippen LogP contribution in [-0.4, -0.2) is 19.7 Å². The molecule has 0 amide bonds. The Bertz CT molecular complexity index is 417. The van der Waals surface area contributed by atoms with Crippen molar-refractivity contribution in [3.8, 4) is 0 Å². The smallest absolute Gasteiger partial charge is 0.153 e. The van der Waals surface area contributed by atoms with Crippen LogP contribution in [0.4, 0.5) is 0 Å². The zero-order valence-electron chi connectivity index (χ0n) is 6.79. The number of halogens is 2. The van der Waals surface area contributed by atoms with E-state index < -0.39 is 9.84 Å². The van der Waals surface area contributed by atoms with Gasteiger partial charge >= 0.3 is 0 Å². The lowest BCUT2D eigenvalue weighted by atomic mass is 10.4. The number of rotatable bonds is 2. The standard InChI is InChI=1S/C7H7Cl2NO2S/c1-13(11,12)4-7-6(9)2-5(8)3-10-7/h2-3H,4H2,1H3. The summed E-state index contributed by atoms with van der Waals surface area (Å²) in [5.41, 5.74) is 0.327. The lowest BCUT2D eigenvalue weighted by molar-refractivity contribution is 0.600. The molecule has 0 saturated carbocycles. The van der Waals surface area contributed by atoms with Crippen molar-refractivity contribution in [2.24, 2.45) is 0 Å². The molecule has 3 nitrogen and oxygen atoms in total. The first-order chi connectivity index (χ1) is 5.88. The van der Waals surface area contributed by atoms with Gasteiger partial charge in [0.25, 0.3) is 0 Å². The van der Waals surface area contributed by atoms with E-state index in [0.29, 0.717) is 10.7 Å². The van der Waals surface area contributed by atoms with E-state index in [1.54, 1.807) is 0 Å². The molecular formula is C7H7Cl2NO2S. The van der Waals surface area contributed by atoms with Crippen LogP contribution in [0.2, 0.25) is 10.0 Å². The number of hydrogen-bond acceptors (Lipinski definition) is 3. The molecule has 0 bridgehead atoms. The Morgan fingerprint density at radius 1 is 1.46 bits per heavy atom. The highest BCUT2D eigenvalue weighted by atomic mass is 35.5. The van der Waals surface area contributed by atoms with Crippen LogP contribution in [0.1, 0.15) is 5.69 Å². The van der Waals surface area contributed by atoms with Gasteiger partial charge in [0, 0.05) is 12.5 Å². The molecule has 13 heavy (non-hydrogen) atoms. The van der Waals surface area contributed by atoms with Crippen molar-refractivity contribution in [3.05, 3.63) is 28.0 Å². The van der Waals surface area contributed by atoms with Gasteiger partial charge in [-0.3, -0.25) is 4.98 Å². The van der Waals surface area contributed by atoms with Gasteiger partial charge in [-0.15, -0.1) is 0 Å². The highest BCUT2D eigenvalue weighted by Crippen LogP contribution is 2.19. The summed E-state index contributed by atoms with van der Waals surface area (Å²) in [5, 5.41) is 0.667. The first-order valence-electron chi connectivity index (χ1n) is 3.36. The van der Waals surface area contributed by atoms with Crippen molar-refractivity contribution in [1.82, 2.24) is 4.98 Å². The topological polar surface area (TPSA) is 47.0 Å². The summed E-state index contributed by atoms with van der Waals surface area (Å²) in [7, 11) is -3.10. The van der Waals surface area contributed by atoms with Crippen LogP contribution in [0.15, 0.2) is 12.3 Å². The summed E-state index contributed by atoms with van der Waals surface area (Å²) < 4.78 is 21.8. The van der Waals surface area contributed by atoms with Gasteiger partial charge in [-0.2, -0.15) is 0 Å². The molecule has 0 aliphatic rings. The van der Waals surface area contributed by atoms with Crippen molar-refractivity contribution in [1.29, 1.82) is 0 Å². The molecule has 1 rings (SSSR count). The lowest BCUT2D eigenvalue weighted by Gasteiger charge is -2.01. The second-order valence-electron chi connectivity index (χ2n) is 2.65. The predicted molar refractivity (Wildman–Crippen MR) is 52.8 cm³/mol. The van der Waals surface area contributed by atoms with Crippen LogP contribution in [0.25, 0.3) is 0 Å². The van der Waals surface area contributed by atoms with E-state index in [0.717, 1.165) is 6.26 Å². The van der Waals surface area contributed by atoms with Crippen molar-refractivity contribution < 1.29 is 8.42 Å². The average molecular weight is 240 g/mol. The average Bonchev–Trinajstić information content (AvgIpc) is 1.93. The monoisotopic (exact) mass is 239 g/mol. The Balaban J connectivity index is 3.04. The van der Waals surface area contributed by atoms with Crippen LogP contribution in [-0.2, 0) is 15.6 Å². The van der Waals surface area contributed by atoms with Gasteiger partial charge in [-0.1, -0.05) is 23.2 Å². The summed E-state index contributed by atoms with van der Waals surface area (Å²) in [5.74, 6) is -0.164. The van der Waals surface area contributed by atoms with E-state index in [9.17, 15) is 8.42 Å². The van der Waals surface area contributed by atoms with Gasteiger partial charge in [0.15, 0.2) is 9.84 Å². The third-order valence-corrected chi connectivity index (χ3v) is 2.61. The number of aromatic nitrogens is 1. The summed E-state index contributed by atoms with van der Waals surface area (Å²) in [6.07, 6.45) is 2.49. The number of nitrogens with zero attached hydrogens (tertiary/aromatic N) is 1. The largest absolute Gasteiger partial charge is 0.257 e. The summed E-state index contributed by atoms with van der Waals surface area (Å²) >= 11 is 11.3. The Hall–Kier alpha value is -0.320. The fraction of sp³-hybridized carbons (Fsp3) is 0.286. The maximum atomic E-state index is 10.9. The van der Waals surface area contributed by atoms with E-state index >= 15 is 0 Å². The Morgan fingerprint density at radius 3 is 2.54 bits per heavy atom. The van der Waals surface area contributed by atoms with Gasteiger partial charge < -0.3 is 0 Å². The van der Waals surface area contributed by atoms with Crippen LogP contribution in [0.3, 0.4) is 0 Å². The molecule has 72 valence electrons. The third-order valence-electron chi connectivity index (χ3n) is 1.28. The van der Waals surface area contributed by atoms with E-state index in [1.807, 2.05) is 0 Å². The first-order valence-corrected chi connectivity index (χ1v) is 6.18. The minimum Gasteiger partial charge on any atom is -0.257 e. The van der Waals surface area contributed by atoms with Crippen LogP contribution in [0.5, 0.6) is 0 Å². The molecule has 0 atom stereocenters. The fourth-order valence-corrected chi connectivity index (χ4v) is 2.05. The molecule has 0 aromatic carbocycles. The predicted octanol–water partition coefficient (Wildman–Crippen LogP) is 1.93. The van der Waals surface area contributed by atoms with Crippen molar-refractivity contribution in [2.75, 3.05) is 6.26 Å². The van der Waals surface area contributed by atoms with Gasteiger partial charge in [-0.25, -0.2) is 8.42 Å². The molecule has 0 saturated heterocycles. The zero-order chi connectivity index (χ0) is 10.1. The summed E-state index contributed by atoms with van der Waals surface area (Å²) in [6.45, 7) is 0. The van der Waals surface area contributed by atoms with E-state index in [-0.39, 0.29) is 10.8 Å². The molecule has 6 heteroatoms. The molecule has 0 radical (unpaired) electrons. The molecule has 0 spiro atoms. The SMILES string of the molecule is CS(=O)(=O)Cc1ncc(Cl)cc1Cl. The number of hydrogen-bond donors (Lipinski definition) is 0. The van der Waals surface area contributed by atoms with Gasteiger partial charge in [0.05, 0.1) is 21.5 Å². The Kier molecular flexibility index (Phi) is 3.16. The van der Waals surface area contributed by atoms with Crippen molar-refractivity contribution in [2.45, 2.75) is 5.75 Å². The van der Waals surface area contributed by atoms with E-state index in [2.05, 4.69) is 4.98 Å². The van der Waals surface area contributed by atoms with Crippen molar-refractivity contribution in [3.63, 3.8) is 0 Å². The molecule has 0 fully saturated rings. The maximum Gasteiger partial charge on any atom is 0.153 e. The summed E-state index contributed by atoms with van der Waals surface area (Å²) in [6, 6.07) is 1.47. The maximum absolute atomic E-state index is 10.9. The molecule has 0 aliphatic heterocycles. The summed E-state index contributed by atoms with van der Waals surface area (Å²) in [4.78, 5) is 3.82.